The van der Waals surface area contributed by atoms with E-state index in [4.69, 9.17) is 9.47 Å². The summed E-state index contributed by atoms with van der Waals surface area (Å²) in [5.41, 5.74) is 1.84. The van der Waals surface area contributed by atoms with Gasteiger partial charge in [-0.1, -0.05) is 6.07 Å². The molecule has 1 aliphatic rings. The Morgan fingerprint density at radius 3 is 2.81 bits per heavy atom. The number of hydrogen-bond acceptors (Lipinski definition) is 6. The predicted molar refractivity (Wildman–Crippen MR) is 102 cm³/mol. The van der Waals surface area contributed by atoms with Gasteiger partial charge in [-0.05, 0) is 30.7 Å². The van der Waals surface area contributed by atoms with Crippen molar-refractivity contribution in [2.24, 2.45) is 0 Å². The van der Waals surface area contributed by atoms with E-state index in [1.54, 1.807) is 12.4 Å². The van der Waals surface area contributed by atoms with Gasteiger partial charge in [0.25, 0.3) is 0 Å². The van der Waals surface area contributed by atoms with E-state index in [0.717, 1.165) is 30.0 Å². The Morgan fingerprint density at radius 1 is 1.19 bits per heavy atom. The number of morpholine rings is 1. The fourth-order valence-electron chi connectivity index (χ4n) is 2.78. The van der Waals surface area contributed by atoms with Gasteiger partial charge in [0.1, 0.15) is 5.82 Å². The highest BCUT2D eigenvalue weighted by Crippen LogP contribution is 2.15. The van der Waals surface area contributed by atoms with Gasteiger partial charge in [-0.15, -0.1) is 0 Å². The summed E-state index contributed by atoms with van der Waals surface area (Å²) in [6, 6.07) is 7.36. The molecule has 0 radical (unpaired) electrons. The SMILES string of the molecule is CCOc1ncccc1CNC(=O)NCc1ccnc(N2CCOCC2)c1. The maximum absolute atomic E-state index is 12.1. The molecular weight excluding hydrogens is 346 g/mol. The highest BCUT2D eigenvalue weighted by molar-refractivity contribution is 5.73. The maximum Gasteiger partial charge on any atom is 0.315 e. The molecule has 1 aliphatic heterocycles. The maximum atomic E-state index is 12.1. The van der Waals surface area contributed by atoms with Crippen LogP contribution in [0.5, 0.6) is 5.88 Å². The van der Waals surface area contributed by atoms with Crippen molar-refractivity contribution in [1.82, 2.24) is 20.6 Å². The van der Waals surface area contributed by atoms with Crippen LogP contribution in [0.4, 0.5) is 10.6 Å². The lowest BCUT2D eigenvalue weighted by molar-refractivity contribution is 0.122. The average molecular weight is 371 g/mol. The van der Waals surface area contributed by atoms with E-state index < -0.39 is 0 Å². The standard InChI is InChI=1S/C19H25N5O3/c1-2-27-18-16(4-3-6-21-18)14-23-19(25)22-13-15-5-7-20-17(12-15)24-8-10-26-11-9-24/h3-7,12H,2,8-11,13-14H2,1H3,(H2,22,23,25). The molecule has 1 fully saturated rings. The zero-order chi connectivity index (χ0) is 18.9. The lowest BCUT2D eigenvalue weighted by Crippen LogP contribution is -2.37. The second-order valence-electron chi connectivity index (χ2n) is 6.06. The first-order valence-electron chi connectivity index (χ1n) is 9.12. The van der Waals surface area contributed by atoms with Crippen LogP contribution in [0.25, 0.3) is 0 Å². The number of carbonyl (C=O) groups excluding carboxylic acids is 1. The summed E-state index contributed by atoms with van der Waals surface area (Å²) in [6.45, 7) is 6.30. The molecule has 0 saturated carbocycles. The Hall–Kier alpha value is -2.87. The van der Waals surface area contributed by atoms with Gasteiger partial charge in [-0.3, -0.25) is 0 Å². The van der Waals surface area contributed by atoms with E-state index in [1.165, 1.54) is 0 Å². The molecule has 8 nitrogen and oxygen atoms in total. The van der Waals surface area contributed by atoms with Crippen molar-refractivity contribution in [3.05, 3.63) is 47.8 Å². The van der Waals surface area contributed by atoms with Crippen LogP contribution in [0.3, 0.4) is 0 Å². The van der Waals surface area contributed by atoms with E-state index in [2.05, 4.69) is 25.5 Å². The number of ether oxygens (including phenoxy) is 2. The molecule has 2 N–H and O–H groups in total. The molecule has 2 aromatic rings. The number of amides is 2. The number of nitrogens with one attached hydrogen (secondary N) is 2. The van der Waals surface area contributed by atoms with Gasteiger partial charge < -0.3 is 25.0 Å². The van der Waals surface area contributed by atoms with Crippen molar-refractivity contribution < 1.29 is 14.3 Å². The predicted octanol–water partition coefficient (Wildman–Crippen LogP) is 1.71. The topological polar surface area (TPSA) is 88.6 Å². The number of nitrogens with zero attached hydrogens (tertiary/aromatic N) is 3. The van der Waals surface area contributed by atoms with E-state index in [0.29, 0.717) is 38.8 Å². The Labute approximate surface area is 158 Å². The molecule has 27 heavy (non-hydrogen) atoms. The highest BCUT2D eigenvalue weighted by Gasteiger charge is 2.13. The van der Waals surface area contributed by atoms with Crippen LogP contribution in [0.1, 0.15) is 18.1 Å². The first-order valence-corrected chi connectivity index (χ1v) is 9.12. The van der Waals surface area contributed by atoms with Crippen LogP contribution >= 0.6 is 0 Å². The third-order valence-electron chi connectivity index (χ3n) is 4.17. The van der Waals surface area contributed by atoms with Gasteiger partial charge in [0.15, 0.2) is 0 Å². The smallest absolute Gasteiger partial charge is 0.315 e. The highest BCUT2D eigenvalue weighted by atomic mass is 16.5. The summed E-state index contributed by atoms with van der Waals surface area (Å²) < 4.78 is 10.8. The average Bonchev–Trinajstić information content (AvgIpc) is 2.73. The second-order valence-corrected chi connectivity index (χ2v) is 6.06. The Bertz CT molecular complexity index is 750. The lowest BCUT2D eigenvalue weighted by Gasteiger charge is -2.28. The van der Waals surface area contributed by atoms with Crippen molar-refractivity contribution in [2.75, 3.05) is 37.8 Å². The number of aromatic nitrogens is 2. The van der Waals surface area contributed by atoms with Gasteiger partial charge in [0.05, 0.1) is 19.8 Å². The molecule has 2 amide bonds. The molecule has 0 unspecified atom stereocenters. The number of pyridine rings is 2. The minimum absolute atomic E-state index is 0.244. The van der Waals surface area contributed by atoms with Gasteiger partial charge >= 0.3 is 6.03 Å². The molecule has 0 spiro atoms. The van der Waals surface area contributed by atoms with Crippen molar-refractivity contribution in [3.8, 4) is 5.88 Å². The molecule has 2 aromatic heterocycles. The van der Waals surface area contributed by atoms with Crippen LogP contribution < -0.4 is 20.3 Å². The van der Waals surface area contributed by atoms with Gasteiger partial charge in [-0.2, -0.15) is 0 Å². The lowest BCUT2D eigenvalue weighted by atomic mass is 10.2. The number of hydrogen-bond donors (Lipinski definition) is 2. The van der Waals surface area contributed by atoms with Crippen molar-refractivity contribution >= 4 is 11.8 Å². The van der Waals surface area contributed by atoms with Gasteiger partial charge in [-0.25, -0.2) is 14.8 Å². The number of rotatable bonds is 7. The van der Waals surface area contributed by atoms with Crippen molar-refractivity contribution in [1.29, 1.82) is 0 Å². The van der Waals surface area contributed by atoms with E-state index in [-0.39, 0.29) is 6.03 Å². The summed E-state index contributed by atoms with van der Waals surface area (Å²) in [5.74, 6) is 1.46. The largest absolute Gasteiger partial charge is 0.478 e. The molecule has 0 aliphatic carbocycles. The molecule has 144 valence electrons. The summed E-state index contributed by atoms with van der Waals surface area (Å²) in [6.07, 6.45) is 3.44. The van der Waals surface area contributed by atoms with Gasteiger partial charge in [0, 0.05) is 44.1 Å². The quantitative estimate of drug-likeness (QED) is 0.770. The van der Waals surface area contributed by atoms with Crippen LogP contribution in [-0.4, -0.2) is 48.9 Å². The number of carbonyl (C=O) groups is 1. The molecule has 0 atom stereocenters. The van der Waals surface area contributed by atoms with E-state index in [9.17, 15) is 4.79 Å². The van der Waals surface area contributed by atoms with E-state index in [1.807, 2.05) is 31.2 Å². The normalized spacial score (nSPS) is 13.9. The third kappa shape index (κ3) is 5.55. The van der Waals surface area contributed by atoms with Crippen molar-refractivity contribution in [2.45, 2.75) is 20.0 Å². The molecule has 8 heteroatoms. The first kappa shape index (κ1) is 18.9. The fraction of sp³-hybridized carbons (Fsp3) is 0.421. The summed E-state index contributed by atoms with van der Waals surface area (Å²) in [5, 5.41) is 5.70. The summed E-state index contributed by atoms with van der Waals surface area (Å²) >= 11 is 0. The molecule has 3 rings (SSSR count). The van der Waals surface area contributed by atoms with Crippen molar-refractivity contribution in [3.63, 3.8) is 0 Å². The summed E-state index contributed by atoms with van der Waals surface area (Å²) in [4.78, 5) is 22.9. The zero-order valence-electron chi connectivity index (χ0n) is 15.5. The molecule has 0 bridgehead atoms. The van der Waals surface area contributed by atoms with Crippen LogP contribution in [0, 0.1) is 0 Å². The molecular formula is C19H25N5O3. The van der Waals surface area contributed by atoms with Crippen LogP contribution in [0.15, 0.2) is 36.7 Å². The Kier molecular flexibility index (Phi) is 6.81. The number of anilines is 1. The first-order chi connectivity index (χ1) is 13.3. The molecule has 0 aromatic carbocycles. The zero-order valence-corrected chi connectivity index (χ0v) is 15.5. The number of urea groups is 1. The minimum atomic E-state index is -0.244. The Balaban J connectivity index is 1.49. The van der Waals surface area contributed by atoms with Gasteiger partial charge in [0.2, 0.25) is 5.88 Å². The summed E-state index contributed by atoms with van der Waals surface area (Å²) in [7, 11) is 0. The third-order valence-corrected chi connectivity index (χ3v) is 4.17. The Morgan fingerprint density at radius 2 is 2.00 bits per heavy atom. The second kappa shape index (κ2) is 9.72. The van der Waals surface area contributed by atoms with Crippen LogP contribution in [0.2, 0.25) is 0 Å². The molecule has 3 heterocycles. The monoisotopic (exact) mass is 371 g/mol. The minimum Gasteiger partial charge on any atom is -0.478 e. The fourth-order valence-corrected chi connectivity index (χ4v) is 2.78. The van der Waals surface area contributed by atoms with Crippen LogP contribution in [-0.2, 0) is 17.8 Å². The van der Waals surface area contributed by atoms with E-state index >= 15 is 0 Å². The molecule has 1 saturated heterocycles.